The van der Waals surface area contributed by atoms with Gasteiger partial charge in [0.25, 0.3) is 0 Å². The summed E-state index contributed by atoms with van der Waals surface area (Å²) in [4.78, 5) is 0. The highest BCUT2D eigenvalue weighted by atomic mass is 14.2. The van der Waals surface area contributed by atoms with Crippen molar-refractivity contribution < 1.29 is 0 Å². The molecule has 0 heterocycles. The van der Waals surface area contributed by atoms with Crippen LogP contribution in [0.3, 0.4) is 0 Å². The molecule has 0 nitrogen and oxygen atoms in total. The second-order valence-electron chi connectivity index (χ2n) is 19.0. The number of hydrogen-bond donors (Lipinski definition) is 0. The molecule has 0 aliphatic heterocycles. The van der Waals surface area contributed by atoms with Crippen LogP contribution in [0.25, 0.3) is 76.8 Å². The summed E-state index contributed by atoms with van der Waals surface area (Å²) in [5.41, 5.74) is 16.2. The van der Waals surface area contributed by atoms with E-state index in [-0.39, 0.29) is 10.8 Å². The molecule has 10 aromatic carbocycles. The molecular weight excluding hydrogens is 769 g/mol. The maximum absolute atomic E-state index is 3.72. The Kier molecular flexibility index (Phi) is 10.3. The van der Waals surface area contributed by atoms with Crippen molar-refractivity contribution in [1.29, 1.82) is 0 Å². The number of rotatable bonds is 4. The summed E-state index contributed by atoms with van der Waals surface area (Å²) in [7, 11) is 0. The van der Waals surface area contributed by atoms with Crippen LogP contribution in [0.5, 0.6) is 0 Å². The number of benzene rings is 10. The van der Waals surface area contributed by atoms with Crippen LogP contribution in [0.4, 0.5) is 0 Å². The van der Waals surface area contributed by atoms with Gasteiger partial charge < -0.3 is 0 Å². The minimum Gasteiger partial charge on any atom is -0.0622 e. The highest BCUT2D eigenvalue weighted by Gasteiger charge is 2.22. The minimum atomic E-state index is 0.0691. The van der Waals surface area contributed by atoms with Crippen molar-refractivity contribution in [3.05, 3.63) is 228 Å². The van der Waals surface area contributed by atoms with Gasteiger partial charge in [0.05, 0.1) is 0 Å². The first-order valence-electron chi connectivity index (χ1n) is 22.3. The van der Waals surface area contributed by atoms with E-state index in [9.17, 15) is 0 Å². The largest absolute Gasteiger partial charge is 0.0622 e. The Morgan fingerprint density at radius 3 is 0.969 bits per heavy atom. The monoisotopic (exact) mass is 818 g/mol. The predicted molar refractivity (Wildman–Crippen MR) is 274 cm³/mol. The van der Waals surface area contributed by atoms with Gasteiger partial charge in [0, 0.05) is 22.3 Å². The Morgan fingerprint density at radius 2 is 0.609 bits per heavy atom. The third kappa shape index (κ3) is 7.64. The molecule has 0 saturated heterocycles. The lowest BCUT2D eigenvalue weighted by Gasteiger charge is -2.21. The lowest BCUT2D eigenvalue weighted by atomic mass is 9.82. The zero-order chi connectivity index (χ0) is 44.0. The van der Waals surface area contributed by atoms with Crippen LogP contribution in [0.2, 0.25) is 0 Å². The molecule has 0 radical (unpaired) electrons. The minimum absolute atomic E-state index is 0.0691. The van der Waals surface area contributed by atoms with Crippen molar-refractivity contribution in [3.63, 3.8) is 0 Å². The molecular formula is C64H50. The lowest BCUT2D eigenvalue weighted by Crippen LogP contribution is -2.10. The van der Waals surface area contributed by atoms with Crippen LogP contribution in [0, 0.1) is 23.7 Å². The molecule has 306 valence electrons. The molecule has 0 N–H and O–H groups in total. The third-order valence-electron chi connectivity index (χ3n) is 12.7. The molecule has 0 spiro atoms. The van der Waals surface area contributed by atoms with E-state index in [0.717, 1.165) is 44.2 Å². The Balaban J connectivity index is 1.29. The Morgan fingerprint density at radius 1 is 0.281 bits per heavy atom. The van der Waals surface area contributed by atoms with Crippen molar-refractivity contribution in [2.75, 3.05) is 0 Å². The average Bonchev–Trinajstić information content (AvgIpc) is 3.32. The van der Waals surface area contributed by atoms with Gasteiger partial charge in [-0.3, -0.25) is 0 Å². The zero-order valence-corrected chi connectivity index (χ0v) is 37.5. The van der Waals surface area contributed by atoms with E-state index < -0.39 is 0 Å². The molecule has 0 unspecified atom stereocenters. The molecule has 10 rings (SSSR count). The fraction of sp³-hybridized carbons (Fsp3) is 0.125. The van der Waals surface area contributed by atoms with Gasteiger partial charge >= 0.3 is 0 Å². The molecule has 0 aromatic heterocycles. The fourth-order valence-corrected chi connectivity index (χ4v) is 9.21. The van der Waals surface area contributed by atoms with E-state index in [2.05, 4.69) is 259 Å². The van der Waals surface area contributed by atoms with E-state index in [1.165, 1.54) is 66.1 Å². The molecule has 0 aliphatic rings. The van der Waals surface area contributed by atoms with Crippen LogP contribution in [-0.4, -0.2) is 0 Å². The van der Waals surface area contributed by atoms with E-state index in [4.69, 9.17) is 0 Å². The second kappa shape index (κ2) is 16.2. The topological polar surface area (TPSA) is 0 Å². The van der Waals surface area contributed by atoms with Crippen LogP contribution in [0.1, 0.15) is 74.9 Å². The second-order valence-corrected chi connectivity index (χ2v) is 19.0. The van der Waals surface area contributed by atoms with Crippen molar-refractivity contribution in [2.24, 2.45) is 0 Å². The lowest BCUT2D eigenvalue weighted by molar-refractivity contribution is 0.590. The zero-order valence-electron chi connectivity index (χ0n) is 37.5. The fourth-order valence-electron chi connectivity index (χ4n) is 9.21. The summed E-state index contributed by atoms with van der Waals surface area (Å²) in [5.74, 6) is 14.6. The highest BCUT2D eigenvalue weighted by Crippen LogP contribution is 2.47. The quantitative estimate of drug-likeness (QED) is 0.123. The summed E-state index contributed by atoms with van der Waals surface area (Å²) < 4.78 is 0. The van der Waals surface area contributed by atoms with Crippen LogP contribution in [-0.2, 0) is 10.8 Å². The van der Waals surface area contributed by atoms with Crippen LogP contribution < -0.4 is 0 Å². The smallest absolute Gasteiger partial charge is 0.0334 e. The average molecular weight is 819 g/mol. The molecule has 64 heavy (non-hydrogen) atoms. The maximum atomic E-state index is 3.72. The van der Waals surface area contributed by atoms with Crippen molar-refractivity contribution in [2.45, 2.75) is 52.4 Å². The molecule has 0 heteroatoms. The SMILES string of the molecule is CC(C)(C)c1ccc(C#Cc2cc(-c3ccccc3-c3ccccc3)c3ccc4c(C#Cc5ccc(C(C)(C)C)cc5)cc(-c5ccccc5-c5ccccc5)c5ccc2c3c45)cc1. The van der Waals surface area contributed by atoms with Gasteiger partial charge in [0.15, 0.2) is 0 Å². The Hall–Kier alpha value is -7.64. The molecule has 0 saturated carbocycles. The third-order valence-corrected chi connectivity index (χ3v) is 12.7. The summed E-state index contributed by atoms with van der Waals surface area (Å²) in [6.07, 6.45) is 0. The summed E-state index contributed by atoms with van der Waals surface area (Å²) in [6, 6.07) is 70.5. The van der Waals surface area contributed by atoms with Gasteiger partial charge in [-0.1, -0.05) is 223 Å². The number of hydrogen-bond acceptors (Lipinski definition) is 0. The van der Waals surface area contributed by atoms with Crippen molar-refractivity contribution in [3.8, 4) is 68.2 Å². The van der Waals surface area contributed by atoms with Crippen LogP contribution >= 0.6 is 0 Å². The van der Waals surface area contributed by atoms with Crippen LogP contribution in [0.15, 0.2) is 194 Å². The Labute approximate surface area is 378 Å². The van der Waals surface area contributed by atoms with Gasteiger partial charge in [-0.15, -0.1) is 0 Å². The molecule has 0 amide bonds. The molecule has 0 aliphatic carbocycles. The summed E-state index contributed by atoms with van der Waals surface area (Å²) in [6.45, 7) is 13.5. The first-order valence-corrected chi connectivity index (χ1v) is 22.3. The molecule has 0 fully saturated rings. The van der Waals surface area contributed by atoms with Gasteiger partial charge in [-0.25, -0.2) is 0 Å². The van der Waals surface area contributed by atoms with Crippen molar-refractivity contribution >= 4 is 32.3 Å². The van der Waals surface area contributed by atoms with Gasteiger partial charge in [0.1, 0.15) is 0 Å². The van der Waals surface area contributed by atoms with E-state index in [0.29, 0.717) is 0 Å². The van der Waals surface area contributed by atoms with E-state index in [1.54, 1.807) is 0 Å². The molecule has 10 aromatic rings. The first-order chi connectivity index (χ1) is 31.0. The molecule has 0 bridgehead atoms. The maximum Gasteiger partial charge on any atom is 0.0334 e. The van der Waals surface area contributed by atoms with Gasteiger partial charge in [-0.2, -0.15) is 0 Å². The van der Waals surface area contributed by atoms with Gasteiger partial charge in [0.2, 0.25) is 0 Å². The highest BCUT2D eigenvalue weighted by molar-refractivity contribution is 6.30. The normalized spacial score (nSPS) is 11.7. The van der Waals surface area contributed by atoms with Crippen molar-refractivity contribution in [1.82, 2.24) is 0 Å². The summed E-state index contributed by atoms with van der Waals surface area (Å²) >= 11 is 0. The van der Waals surface area contributed by atoms with Gasteiger partial charge in [-0.05, 0) is 135 Å². The molecule has 0 atom stereocenters. The Bertz CT molecular complexity index is 3220. The van der Waals surface area contributed by atoms with E-state index >= 15 is 0 Å². The summed E-state index contributed by atoms with van der Waals surface area (Å²) in [5, 5.41) is 7.08. The van der Waals surface area contributed by atoms with E-state index in [1.807, 2.05) is 0 Å². The standard InChI is InChI=1S/C64H50/c1-63(2,3)49-33-27-43(28-34-49)25-31-47-41-59(55-23-15-13-21-51(55)45-17-9-7-10-18-45)57-40-38-54-48(32-26-44-29-35-50(36-30-44)64(4,5)6)42-60(58-39-37-53(47)61(57)62(54)58)56-24-16-14-22-52(56)46-19-11-8-12-20-46/h7-24,27-30,33-42H,1-6H3. The predicted octanol–water partition coefficient (Wildman–Crippen LogP) is 16.6. The first kappa shape index (κ1) is 40.4.